The summed E-state index contributed by atoms with van der Waals surface area (Å²) >= 11 is 1.39. The quantitative estimate of drug-likeness (QED) is 0.726. The summed E-state index contributed by atoms with van der Waals surface area (Å²) in [6.07, 6.45) is 4.03. The van der Waals surface area contributed by atoms with E-state index >= 15 is 0 Å². The van der Waals surface area contributed by atoms with Gasteiger partial charge in [-0.1, -0.05) is 0 Å². The van der Waals surface area contributed by atoms with Gasteiger partial charge in [-0.05, 0) is 39.2 Å². The second-order valence-electron chi connectivity index (χ2n) is 6.85. The van der Waals surface area contributed by atoms with Gasteiger partial charge < -0.3 is 15.5 Å². The fourth-order valence-corrected chi connectivity index (χ4v) is 4.22. The second-order valence-corrected chi connectivity index (χ2v) is 7.85. The van der Waals surface area contributed by atoms with Crippen molar-refractivity contribution in [1.82, 2.24) is 20.2 Å². The van der Waals surface area contributed by atoms with Crippen molar-refractivity contribution in [3.8, 4) is 0 Å². The molecule has 1 fully saturated rings. The zero-order valence-electron chi connectivity index (χ0n) is 15.5. The van der Waals surface area contributed by atoms with E-state index in [1.54, 1.807) is 0 Å². The van der Waals surface area contributed by atoms with Gasteiger partial charge in [0.25, 0.3) is 5.91 Å². The number of amides is 2. The van der Waals surface area contributed by atoms with Crippen LogP contribution in [0.2, 0.25) is 0 Å². The maximum atomic E-state index is 12.4. The number of aromatic nitrogens is 2. The highest BCUT2D eigenvalue weighted by Gasteiger charge is 2.21. The minimum Gasteiger partial charge on any atom is -0.369 e. The van der Waals surface area contributed by atoms with Crippen molar-refractivity contribution in [1.29, 1.82) is 0 Å². The molecule has 0 saturated carbocycles. The van der Waals surface area contributed by atoms with Gasteiger partial charge in [0.2, 0.25) is 5.91 Å². The van der Waals surface area contributed by atoms with Gasteiger partial charge in [0, 0.05) is 32.1 Å². The average Bonchev–Trinajstić information content (AvgIpc) is 3.15. The molecule has 1 aliphatic heterocycles. The Morgan fingerprint density at radius 1 is 1.38 bits per heavy atom. The summed E-state index contributed by atoms with van der Waals surface area (Å²) in [6.45, 7) is 8.18. The molecular formula is C18H25N5O2S. The van der Waals surface area contributed by atoms with E-state index in [9.17, 15) is 9.59 Å². The Balaban J connectivity index is 1.69. The number of nitrogens with zero attached hydrogens (tertiary/aromatic N) is 3. The first kappa shape index (κ1) is 18.6. The van der Waals surface area contributed by atoms with E-state index < -0.39 is 0 Å². The van der Waals surface area contributed by atoms with Crippen molar-refractivity contribution >= 4 is 39.2 Å². The maximum Gasteiger partial charge on any atom is 0.261 e. The summed E-state index contributed by atoms with van der Waals surface area (Å²) in [6, 6.07) is 0.0871. The monoisotopic (exact) mass is 375 g/mol. The number of fused-ring (bicyclic) bond motifs is 1. The zero-order valence-corrected chi connectivity index (χ0v) is 16.3. The second kappa shape index (κ2) is 7.99. The SMILES string of the molecule is Cc1c(C(=O)NC(C)C)sc2ncnc(NCCCN3CCCC3=O)c12. The molecule has 2 aromatic rings. The highest BCUT2D eigenvalue weighted by molar-refractivity contribution is 7.20. The topological polar surface area (TPSA) is 87.2 Å². The van der Waals surface area contributed by atoms with Crippen LogP contribution in [0, 0.1) is 6.92 Å². The highest BCUT2D eigenvalue weighted by Crippen LogP contribution is 2.33. The first-order valence-corrected chi connectivity index (χ1v) is 9.85. The molecule has 3 heterocycles. The summed E-state index contributed by atoms with van der Waals surface area (Å²) in [7, 11) is 0. The molecule has 2 N–H and O–H groups in total. The predicted octanol–water partition coefficient (Wildman–Crippen LogP) is 2.56. The fourth-order valence-electron chi connectivity index (χ4n) is 3.17. The Bertz CT molecular complexity index is 817. The number of hydrogen-bond donors (Lipinski definition) is 2. The number of carbonyl (C=O) groups excluding carboxylic acids is 2. The van der Waals surface area contributed by atoms with Crippen LogP contribution in [0.5, 0.6) is 0 Å². The molecule has 0 spiro atoms. The molecule has 8 heteroatoms. The molecule has 0 aliphatic carbocycles. The summed E-state index contributed by atoms with van der Waals surface area (Å²) in [5, 5.41) is 7.19. The van der Waals surface area contributed by atoms with Crippen molar-refractivity contribution in [2.24, 2.45) is 0 Å². The number of aryl methyl sites for hydroxylation is 1. The van der Waals surface area contributed by atoms with Gasteiger partial charge in [-0.2, -0.15) is 0 Å². The fraction of sp³-hybridized carbons (Fsp3) is 0.556. The van der Waals surface area contributed by atoms with Crippen molar-refractivity contribution in [3.63, 3.8) is 0 Å². The zero-order chi connectivity index (χ0) is 18.7. The molecule has 0 bridgehead atoms. The van der Waals surface area contributed by atoms with Crippen LogP contribution in [-0.2, 0) is 4.79 Å². The minimum atomic E-state index is -0.0704. The van der Waals surface area contributed by atoms with Crippen molar-refractivity contribution in [2.45, 2.75) is 46.1 Å². The Hall–Kier alpha value is -2.22. The highest BCUT2D eigenvalue weighted by atomic mass is 32.1. The minimum absolute atomic E-state index is 0.0704. The van der Waals surface area contributed by atoms with E-state index in [1.165, 1.54) is 17.7 Å². The number of rotatable bonds is 7. The van der Waals surface area contributed by atoms with Gasteiger partial charge in [-0.15, -0.1) is 11.3 Å². The van der Waals surface area contributed by atoms with Gasteiger partial charge in [-0.3, -0.25) is 9.59 Å². The lowest BCUT2D eigenvalue weighted by molar-refractivity contribution is -0.127. The summed E-state index contributed by atoms with van der Waals surface area (Å²) in [5.41, 5.74) is 0.904. The van der Waals surface area contributed by atoms with Gasteiger partial charge in [0.15, 0.2) is 0 Å². The summed E-state index contributed by atoms with van der Waals surface area (Å²) < 4.78 is 0. The predicted molar refractivity (Wildman–Crippen MR) is 104 cm³/mol. The molecule has 1 saturated heterocycles. The molecule has 0 unspecified atom stereocenters. The lowest BCUT2D eigenvalue weighted by Gasteiger charge is -2.15. The number of thiophene rings is 1. The number of carbonyl (C=O) groups is 2. The van der Waals surface area contributed by atoms with Crippen molar-refractivity contribution in [2.75, 3.05) is 25.0 Å². The van der Waals surface area contributed by atoms with Crippen LogP contribution in [0.3, 0.4) is 0 Å². The van der Waals surface area contributed by atoms with Crippen molar-refractivity contribution < 1.29 is 9.59 Å². The van der Waals surface area contributed by atoms with Crippen LogP contribution in [0.25, 0.3) is 10.2 Å². The van der Waals surface area contributed by atoms with Crippen molar-refractivity contribution in [3.05, 3.63) is 16.8 Å². The van der Waals surface area contributed by atoms with Crippen LogP contribution in [-0.4, -0.2) is 52.4 Å². The molecule has 7 nitrogen and oxygen atoms in total. The van der Waals surface area contributed by atoms with Crippen LogP contribution in [0.4, 0.5) is 5.82 Å². The Morgan fingerprint density at radius 2 is 2.19 bits per heavy atom. The Kier molecular flexibility index (Phi) is 5.70. The van der Waals surface area contributed by atoms with Gasteiger partial charge in [0.1, 0.15) is 17.0 Å². The normalized spacial score (nSPS) is 14.5. The van der Waals surface area contributed by atoms with Crippen LogP contribution < -0.4 is 10.6 Å². The van der Waals surface area contributed by atoms with E-state index in [0.717, 1.165) is 54.1 Å². The Labute approximate surface area is 157 Å². The molecule has 3 rings (SSSR count). The third-order valence-electron chi connectivity index (χ3n) is 4.42. The third kappa shape index (κ3) is 3.95. The van der Waals surface area contributed by atoms with Crippen LogP contribution >= 0.6 is 11.3 Å². The van der Waals surface area contributed by atoms with E-state index in [4.69, 9.17) is 0 Å². The van der Waals surface area contributed by atoms with E-state index in [0.29, 0.717) is 11.3 Å². The molecule has 0 radical (unpaired) electrons. The first-order valence-electron chi connectivity index (χ1n) is 9.04. The van der Waals surface area contributed by atoms with E-state index in [1.807, 2.05) is 25.7 Å². The maximum absolute atomic E-state index is 12.4. The summed E-state index contributed by atoms with van der Waals surface area (Å²) in [4.78, 5) is 36.1. The van der Waals surface area contributed by atoms with Crippen LogP contribution in [0.15, 0.2) is 6.33 Å². The lowest BCUT2D eigenvalue weighted by atomic mass is 10.2. The molecule has 0 atom stereocenters. The average molecular weight is 375 g/mol. The molecule has 140 valence electrons. The lowest BCUT2D eigenvalue weighted by Crippen LogP contribution is -2.29. The van der Waals surface area contributed by atoms with Gasteiger partial charge >= 0.3 is 0 Å². The molecule has 2 aromatic heterocycles. The number of likely N-dealkylation sites (tertiary alicyclic amines) is 1. The molecule has 26 heavy (non-hydrogen) atoms. The Morgan fingerprint density at radius 3 is 2.88 bits per heavy atom. The molecule has 2 amide bonds. The van der Waals surface area contributed by atoms with E-state index in [2.05, 4.69) is 20.6 Å². The number of hydrogen-bond acceptors (Lipinski definition) is 6. The largest absolute Gasteiger partial charge is 0.369 e. The third-order valence-corrected chi connectivity index (χ3v) is 5.62. The van der Waals surface area contributed by atoms with Gasteiger partial charge in [0.05, 0.1) is 10.3 Å². The number of anilines is 1. The number of nitrogens with one attached hydrogen (secondary N) is 2. The molecular weight excluding hydrogens is 350 g/mol. The standard InChI is InChI=1S/C18H25N5O2S/c1-11(2)22-17(25)15-12(3)14-16(20-10-21-18(14)26-15)19-7-5-9-23-8-4-6-13(23)24/h10-11H,4-9H2,1-3H3,(H,22,25)(H,19,20,21). The molecule has 0 aromatic carbocycles. The summed E-state index contributed by atoms with van der Waals surface area (Å²) in [5.74, 6) is 0.933. The van der Waals surface area contributed by atoms with E-state index in [-0.39, 0.29) is 17.9 Å². The van der Waals surface area contributed by atoms with Crippen LogP contribution in [0.1, 0.15) is 48.3 Å². The first-order chi connectivity index (χ1) is 12.5. The van der Waals surface area contributed by atoms with Gasteiger partial charge in [-0.25, -0.2) is 9.97 Å². The smallest absolute Gasteiger partial charge is 0.261 e. The molecule has 1 aliphatic rings.